The van der Waals surface area contributed by atoms with Crippen LogP contribution in [0.3, 0.4) is 0 Å². The molecular weight excluding hydrogens is 380 g/mol. The molecule has 3 rings (SSSR count). The maximum atomic E-state index is 13.2. The first-order valence-electron chi connectivity index (χ1n) is 9.65. The van der Waals surface area contributed by atoms with Crippen LogP contribution in [0.15, 0.2) is 78.9 Å². The van der Waals surface area contributed by atoms with Gasteiger partial charge in [0, 0.05) is 11.8 Å². The van der Waals surface area contributed by atoms with Crippen LogP contribution in [-0.2, 0) is 9.53 Å². The number of amides is 2. The van der Waals surface area contributed by atoms with Gasteiger partial charge in [0.15, 0.2) is 0 Å². The molecule has 6 nitrogen and oxygen atoms in total. The smallest absolute Gasteiger partial charge is 0.411 e. The molecule has 6 heteroatoms. The summed E-state index contributed by atoms with van der Waals surface area (Å²) in [5.41, 5.74) is 2.81. The highest BCUT2D eigenvalue weighted by molar-refractivity contribution is 5.99. The maximum absolute atomic E-state index is 13.2. The van der Waals surface area contributed by atoms with E-state index >= 15 is 0 Å². The zero-order valence-corrected chi connectivity index (χ0v) is 16.9. The second-order valence-corrected chi connectivity index (χ2v) is 6.50. The highest BCUT2D eigenvalue weighted by Crippen LogP contribution is 2.30. The van der Waals surface area contributed by atoms with E-state index in [-0.39, 0.29) is 12.5 Å². The van der Waals surface area contributed by atoms with E-state index in [1.807, 2.05) is 60.7 Å². The van der Waals surface area contributed by atoms with E-state index in [0.717, 1.165) is 11.1 Å². The molecule has 0 bridgehead atoms. The van der Waals surface area contributed by atoms with E-state index in [0.29, 0.717) is 17.1 Å². The molecule has 0 unspecified atom stereocenters. The van der Waals surface area contributed by atoms with Crippen LogP contribution in [0.1, 0.15) is 24.0 Å². The fourth-order valence-electron chi connectivity index (χ4n) is 3.15. The summed E-state index contributed by atoms with van der Waals surface area (Å²) >= 11 is 0. The Hall–Kier alpha value is -3.80. The van der Waals surface area contributed by atoms with Gasteiger partial charge in [-0.25, -0.2) is 4.79 Å². The number of benzene rings is 3. The van der Waals surface area contributed by atoms with Crippen LogP contribution in [0.2, 0.25) is 0 Å². The average molecular weight is 404 g/mol. The van der Waals surface area contributed by atoms with Gasteiger partial charge in [-0.2, -0.15) is 0 Å². The molecule has 154 valence electrons. The number of anilines is 2. The molecule has 0 aromatic heterocycles. The first-order valence-corrected chi connectivity index (χ1v) is 9.65. The number of nitrogens with one attached hydrogen (secondary N) is 2. The fourth-order valence-corrected chi connectivity index (χ4v) is 3.15. The van der Waals surface area contributed by atoms with E-state index in [2.05, 4.69) is 10.6 Å². The minimum Gasteiger partial charge on any atom is -0.494 e. The Morgan fingerprint density at radius 2 is 1.47 bits per heavy atom. The number of carbonyl (C=O) groups excluding carboxylic acids is 2. The van der Waals surface area contributed by atoms with Crippen molar-refractivity contribution in [1.82, 2.24) is 0 Å². The van der Waals surface area contributed by atoms with Gasteiger partial charge in [-0.3, -0.25) is 10.1 Å². The van der Waals surface area contributed by atoms with Crippen molar-refractivity contribution in [2.24, 2.45) is 0 Å². The molecule has 3 aromatic rings. The van der Waals surface area contributed by atoms with Gasteiger partial charge in [0.05, 0.1) is 25.3 Å². The third-order valence-corrected chi connectivity index (χ3v) is 4.51. The normalized spacial score (nSPS) is 10.4. The minimum atomic E-state index is -0.569. The van der Waals surface area contributed by atoms with Crippen LogP contribution in [0, 0.1) is 0 Å². The van der Waals surface area contributed by atoms with Crippen molar-refractivity contribution in [2.45, 2.75) is 12.8 Å². The Labute approximate surface area is 175 Å². The molecular formula is C24H24N2O4. The Balaban J connectivity index is 1.84. The van der Waals surface area contributed by atoms with Gasteiger partial charge < -0.3 is 14.8 Å². The molecule has 0 aliphatic carbocycles. The van der Waals surface area contributed by atoms with Gasteiger partial charge in [-0.15, -0.1) is 0 Å². The van der Waals surface area contributed by atoms with Crippen LogP contribution in [0.25, 0.3) is 0 Å². The molecule has 0 heterocycles. The summed E-state index contributed by atoms with van der Waals surface area (Å²) in [5, 5.41) is 5.58. The molecule has 0 radical (unpaired) electrons. The minimum absolute atomic E-state index is 0.166. The first-order chi connectivity index (χ1) is 14.6. The van der Waals surface area contributed by atoms with Gasteiger partial charge in [0.2, 0.25) is 5.91 Å². The summed E-state index contributed by atoms with van der Waals surface area (Å²) in [6.45, 7) is 1.99. The quantitative estimate of drug-likeness (QED) is 0.579. The van der Waals surface area contributed by atoms with Crippen molar-refractivity contribution in [3.05, 3.63) is 90.0 Å². The van der Waals surface area contributed by atoms with Crippen molar-refractivity contribution in [2.75, 3.05) is 24.4 Å². The van der Waals surface area contributed by atoms with Gasteiger partial charge in [-0.05, 0) is 30.2 Å². The molecule has 0 saturated heterocycles. The van der Waals surface area contributed by atoms with Crippen LogP contribution in [0.4, 0.5) is 16.2 Å². The van der Waals surface area contributed by atoms with E-state index in [9.17, 15) is 9.59 Å². The third-order valence-electron chi connectivity index (χ3n) is 4.51. The lowest BCUT2D eigenvalue weighted by Crippen LogP contribution is -2.22. The van der Waals surface area contributed by atoms with Crippen molar-refractivity contribution in [3.8, 4) is 5.75 Å². The van der Waals surface area contributed by atoms with Gasteiger partial charge in [0.1, 0.15) is 5.75 Å². The fraction of sp³-hybridized carbons (Fsp3) is 0.167. The summed E-state index contributed by atoms with van der Waals surface area (Å²) in [6, 6.07) is 24.3. The second-order valence-electron chi connectivity index (χ2n) is 6.50. The lowest BCUT2D eigenvalue weighted by atomic mass is 9.90. The standard InChI is InChI=1S/C24H24N2O4/c1-3-30-24(28)26-20-15-14-19(16-21(20)29-2)25-23(27)22(17-10-6-4-7-11-17)18-12-8-5-9-13-18/h4-16,22H,3H2,1-2H3,(H,25,27)(H,26,28). The van der Waals surface area contributed by atoms with E-state index in [1.165, 1.54) is 7.11 Å². The van der Waals surface area contributed by atoms with Crippen LogP contribution in [0.5, 0.6) is 5.75 Å². The van der Waals surface area contributed by atoms with Crippen molar-refractivity contribution in [3.63, 3.8) is 0 Å². The van der Waals surface area contributed by atoms with Crippen molar-refractivity contribution in [1.29, 1.82) is 0 Å². The Bertz CT molecular complexity index is 951. The lowest BCUT2D eigenvalue weighted by Gasteiger charge is -2.19. The molecule has 30 heavy (non-hydrogen) atoms. The van der Waals surface area contributed by atoms with E-state index in [4.69, 9.17) is 9.47 Å². The van der Waals surface area contributed by atoms with Gasteiger partial charge >= 0.3 is 6.09 Å². The highest BCUT2D eigenvalue weighted by atomic mass is 16.5. The van der Waals surface area contributed by atoms with Crippen LogP contribution < -0.4 is 15.4 Å². The van der Waals surface area contributed by atoms with Crippen LogP contribution in [-0.4, -0.2) is 25.7 Å². The number of carbonyl (C=O) groups is 2. The summed E-state index contributed by atoms with van der Waals surface area (Å²) in [5.74, 6) is -0.215. The first kappa shape index (κ1) is 20.9. The molecule has 2 amide bonds. The van der Waals surface area contributed by atoms with Gasteiger partial charge in [-0.1, -0.05) is 60.7 Å². The van der Waals surface area contributed by atoms with E-state index < -0.39 is 12.0 Å². The molecule has 0 aliphatic heterocycles. The monoisotopic (exact) mass is 404 g/mol. The summed E-state index contributed by atoms with van der Waals surface area (Å²) in [7, 11) is 1.49. The molecule has 0 fully saturated rings. The average Bonchev–Trinajstić information content (AvgIpc) is 2.76. The molecule has 0 spiro atoms. The third kappa shape index (κ3) is 5.17. The number of hydrogen-bond donors (Lipinski definition) is 2. The maximum Gasteiger partial charge on any atom is 0.411 e. The summed E-state index contributed by atoms with van der Waals surface area (Å²) in [4.78, 5) is 24.9. The number of rotatable bonds is 7. The molecule has 2 N–H and O–H groups in total. The topological polar surface area (TPSA) is 76.7 Å². The number of hydrogen-bond acceptors (Lipinski definition) is 4. The predicted octanol–water partition coefficient (Wildman–Crippen LogP) is 5.03. The Morgan fingerprint density at radius 1 is 0.867 bits per heavy atom. The molecule has 0 aliphatic rings. The number of ether oxygens (including phenoxy) is 2. The lowest BCUT2D eigenvalue weighted by molar-refractivity contribution is -0.116. The molecule has 0 saturated carbocycles. The SMILES string of the molecule is CCOC(=O)Nc1ccc(NC(=O)C(c2ccccc2)c2ccccc2)cc1OC. The van der Waals surface area contributed by atoms with E-state index in [1.54, 1.807) is 25.1 Å². The molecule has 3 aromatic carbocycles. The van der Waals surface area contributed by atoms with Gasteiger partial charge in [0.25, 0.3) is 0 Å². The second kappa shape index (κ2) is 10.1. The zero-order chi connectivity index (χ0) is 21.3. The zero-order valence-electron chi connectivity index (χ0n) is 16.9. The van der Waals surface area contributed by atoms with Crippen molar-refractivity contribution < 1.29 is 19.1 Å². The highest BCUT2D eigenvalue weighted by Gasteiger charge is 2.23. The predicted molar refractivity (Wildman–Crippen MR) is 117 cm³/mol. The summed E-state index contributed by atoms with van der Waals surface area (Å²) < 4.78 is 10.2. The Morgan fingerprint density at radius 3 is 2.00 bits per heavy atom. The van der Waals surface area contributed by atoms with Crippen molar-refractivity contribution >= 4 is 23.4 Å². The summed E-state index contributed by atoms with van der Waals surface area (Å²) in [6.07, 6.45) is -0.569. The number of methoxy groups -OCH3 is 1. The van der Waals surface area contributed by atoms with Crippen LogP contribution >= 0.6 is 0 Å². The Kier molecular flexibility index (Phi) is 7.05. The molecule has 0 atom stereocenters. The largest absolute Gasteiger partial charge is 0.494 e.